The van der Waals surface area contributed by atoms with E-state index in [1.165, 1.54) is 0 Å². The van der Waals surface area contributed by atoms with E-state index in [4.69, 9.17) is 9.97 Å². The van der Waals surface area contributed by atoms with Crippen LogP contribution < -0.4 is 15.5 Å². The first-order chi connectivity index (χ1) is 15.9. The van der Waals surface area contributed by atoms with Gasteiger partial charge in [0, 0.05) is 31.7 Å². The summed E-state index contributed by atoms with van der Waals surface area (Å²) in [6.45, 7) is 6.04. The van der Waals surface area contributed by atoms with Gasteiger partial charge in [0.2, 0.25) is 11.9 Å². The minimum absolute atomic E-state index is 0.122. The summed E-state index contributed by atoms with van der Waals surface area (Å²) in [6, 6.07) is 10.6. The van der Waals surface area contributed by atoms with Crippen molar-refractivity contribution < 1.29 is 4.79 Å². The van der Waals surface area contributed by atoms with E-state index in [9.17, 15) is 4.79 Å². The average molecular weight is 450 g/mol. The zero-order valence-electron chi connectivity index (χ0n) is 20.8. The predicted molar refractivity (Wildman–Crippen MR) is 138 cm³/mol. The van der Waals surface area contributed by atoms with Crippen molar-refractivity contribution in [2.45, 2.75) is 77.3 Å². The molecular weight excluding hydrogens is 410 g/mol. The summed E-state index contributed by atoms with van der Waals surface area (Å²) in [5.41, 5.74) is 3.11. The number of nitrogens with one attached hydrogen (secondary N) is 2. The highest BCUT2D eigenvalue weighted by atomic mass is 16.1. The monoisotopic (exact) mass is 449 g/mol. The van der Waals surface area contributed by atoms with Gasteiger partial charge in [0.05, 0.1) is 11.6 Å². The number of nitrogens with zero attached hydrogens (tertiary/aromatic N) is 3. The van der Waals surface area contributed by atoms with E-state index in [0.717, 1.165) is 61.2 Å². The lowest BCUT2D eigenvalue weighted by Crippen LogP contribution is -2.38. The molecular formula is C27H39N5O. The Labute approximate surface area is 198 Å². The first-order valence-electron chi connectivity index (χ1n) is 12.2. The Morgan fingerprint density at radius 1 is 1.06 bits per heavy atom. The Kier molecular flexibility index (Phi) is 8.87. The first-order valence-corrected chi connectivity index (χ1v) is 12.2. The van der Waals surface area contributed by atoms with E-state index in [1.54, 1.807) is 0 Å². The summed E-state index contributed by atoms with van der Waals surface area (Å²) in [6.07, 6.45) is 10.3. The van der Waals surface area contributed by atoms with Crippen molar-refractivity contribution in [1.82, 2.24) is 15.3 Å². The third-order valence-electron chi connectivity index (χ3n) is 6.46. The smallest absolute Gasteiger partial charge is 0.227 e. The Hall–Kier alpha value is -2.89. The third-order valence-corrected chi connectivity index (χ3v) is 6.46. The van der Waals surface area contributed by atoms with Crippen LogP contribution in [0.2, 0.25) is 0 Å². The zero-order valence-corrected chi connectivity index (χ0v) is 20.8. The van der Waals surface area contributed by atoms with Crippen LogP contribution in [-0.2, 0) is 4.79 Å². The average Bonchev–Trinajstić information content (AvgIpc) is 2.78. The van der Waals surface area contributed by atoms with Crippen LogP contribution in [0.4, 0.5) is 11.8 Å². The molecule has 6 heteroatoms. The molecule has 0 spiro atoms. The fourth-order valence-corrected chi connectivity index (χ4v) is 4.53. The minimum Gasteiger partial charge on any atom is -0.362 e. The predicted octanol–water partition coefficient (Wildman–Crippen LogP) is 5.31. The molecule has 2 N–H and O–H groups in total. The maximum Gasteiger partial charge on any atom is 0.227 e. The molecule has 1 heterocycles. The lowest BCUT2D eigenvalue weighted by molar-refractivity contribution is -0.123. The molecule has 6 nitrogen and oxygen atoms in total. The van der Waals surface area contributed by atoms with Crippen molar-refractivity contribution in [3.8, 4) is 0 Å². The van der Waals surface area contributed by atoms with Crippen molar-refractivity contribution in [3.63, 3.8) is 0 Å². The Bertz CT molecular complexity index is 931. The van der Waals surface area contributed by atoms with Crippen LogP contribution in [0.3, 0.4) is 0 Å². The van der Waals surface area contributed by atoms with Crippen LogP contribution in [0.15, 0.2) is 36.4 Å². The van der Waals surface area contributed by atoms with E-state index >= 15 is 0 Å². The molecule has 178 valence electrons. The fraction of sp³-hybridized carbons (Fsp3) is 0.519. The standard InChI is InChI=1S/C27H39N5O/c1-6-12-24-20(3)28-27(31-25(24)32(4)5)30-23-17-10-15-22(16-11-18-23)29-26(33)19(2)21-13-8-7-9-14-21/h6-9,12-14,19,22-23H,10-11,15-18H2,1-5H3,(H,29,33)(H,28,30,31)/b12-6-/t19-,22?,23?/m0/s1. The second kappa shape index (κ2) is 11.8. The largest absolute Gasteiger partial charge is 0.362 e. The van der Waals surface area contributed by atoms with Gasteiger partial charge in [-0.2, -0.15) is 4.98 Å². The second-order valence-corrected chi connectivity index (χ2v) is 9.31. The zero-order chi connectivity index (χ0) is 23.8. The van der Waals surface area contributed by atoms with Gasteiger partial charge in [-0.15, -0.1) is 0 Å². The molecule has 1 atom stereocenters. The fourth-order valence-electron chi connectivity index (χ4n) is 4.53. The van der Waals surface area contributed by atoms with Crippen LogP contribution in [0.25, 0.3) is 6.08 Å². The van der Waals surface area contributed by atoms with Crippen LogP contribution in [-0.4, -0.2) is 42.1 Å². The van der Waals surface area contributed by atoms with E-state index in [-0.39, 0.29) is 17.9 Å². The molecule has 1 aromatic carbocycles. The Morgan fingerprint density at radius 2 is 1.70 bits per heavy atom. The summed E-state index contributed by atoms with van der Waals surface area (Å²) in [7, 11) is 4.03. The van der Waals surface area contributed by atoms with Crippen LogP contribution >= 0.6 is 0 Å². The van der Waals surface area contributed by atoms with Crippen molar-refractivity contribution in [2.75, 3.05) is 24.3 Å². The van der Waals surface area contributed by atoms with Crippen LogP contribution in [0.5, 0.6) is 0 Å². The quantitative estimate of drug-likeness (QED) is 0.600. The molecule has 0 bridgehead atoms. The molecule has 0 unspecified atom stereocenters. The van der Waals surface area contributed by atoms with Gasteiger partial charge >= 0.3 is 0 Å². The number of hydrogen-bond donors (Lipinski definition) is 2. The maximum absolute atomic E-state index is 12.8. The van der Waals surface area contributed by atoms with Crippen molar-refractivity contribution in [2.24, 2.45) is 0 Å². The SMILES string of the molecule is C/C=C\c1c(C)nc(NC2CCCC(NC(=O)[C@@H](C)c3ccccc3)CCC2)nc1N(C)C. The van der Waals surface area contributed by atoms with Gasteiger partial charge < -0.3 is 15.5 Å². The van der Waals surface area contributed by atoms with Gasteiger partial charge in [-0.25, -0.2) is 4.98 Å². The number of anilines is 2. The number of carbonyl (C=O) groups is 1. The number of hydrogen-bond acceptors (Lipinski definition) is 5. The van der Waals surface area contributed by atoms with Crippen LogP contribution in [0, 0.1) is 6.92 Å². The summed E-state index contributed by atoms with van der Waals surface area (Å²) in [4.78, 5) is 24.3. The van der Waals surface area contributed by atoms with Crippen molar-refractivity contribution >= 4 is 23.7 Å². The number of allylic oxidation sites excluding steroid dienone is 1. The molecule has 33 heavy (non-hydrogen) atoms. The van der Waals surface area contributed by atoms with E-state index < -0.39 is 0 Å². The lowest BCUT2D eigenvalue weighted by Gasteiger charge is -2.27. The molecule has 1 aliphatic rings. The molecule has 1 saturated carbocycles. The number of aromatic nitrogens is 2. The molecule has 1 aromatic heterocycles. The van der Waals surface area contributed by atoms with E-state index in [1.807, 2.05) is 76.2 Å². The summed E-state index contributed by atoms with van der Waals surface area (Å²) >= 11 is 0. The highest BCUT2D eigenvalue weighted by Gasteiger charge is 2.22. The highest BCUT2D eigenvalue weighted by molar-refractivity contribution is 5.83. The summed E-state index contributed by atoms with van der Waals surface area (Å²) in [5, 5.41) is 6.89. The molecule has 0 radical (unpaired) electrons. The van der Waals surface area contributed by atoms with Crippen LogP contribution in [0.1, 0.15) is 75.1 Å². The van der Waals surface area contributed by atoms with E-state index in [0.29, 0.717) is 12.0 Å². The molecule has 3 rings (SSSR count). The number of aryl methyl sites for hydroxylation is 1. The van der Waals surface area contributed by atoms with Gasteiger partial charge in [-0.1, -0.05) is 42.5 Å². The molecule has 1 amide bonds. The maximum atomic E-state index is 12.8. The van der Waals surface area contributed by atoms with Crippen molar-refractivity contribution in [3.05, 3.63) is 53.2 Å². The molecule has 1 fully saturated rings. The van der Waals surface area contributed by atoms with Gasteiger partial charge in [0.15, 0.2) is 0 Å². The summed E-state index contributed by atoms with van der Waals surface area (Å²) in [5.74, 6) is 1.64. The first kappa shape index (κ1) is 24.7. The molecule has 0 saturated heterocycles. The second-order valence-electron chi connectivity index (χ2n) is 9.31. The Balaban J connectivity index is 1.56. The number of rotatable bonds is 7. The number of benzene rings is 1. The van der Waals surface area contributed by atoms with Gasteiger partial charge in [0.25, 0.3) is 0 Å². The molecule has 2 aromatic rings. The highest BCUT2D eigenvalue weighted by Crippen LogP contribution is 2.25. The summed E-state index contributed by atoms with van der Waals surface area (Å²) < 4.78 is 0. The number of carbonyl (C=O) groups excluding carboxylic acids is 1. The van der Waals surface area contributed by atoms with Gasteiger partial charge in [0.1, 0.15) is 5.82 Å². The van der Waals surface area contributed by atoms with Gasteiger partial charge in [-0.05, 0) is 64.9 Å². The normalized spacial score (nSPS) is 20.0. The third kappa shape index (κ3) is 6.80. The van der Waals surface area contributed by atoms with E-state index in [2.05, 4.69) is 16.7 Å². The van der Waals surface area contributed by atoms with Gasteiger partial charge in [-0.3, -0.25) is 4.79 Å². The topological polar surface area (TPSA) is 70.1 Å². The lowest BCUT2D eigenvalue weighted by atomic mass is 9.92. The number of amides is 1. The molecule has 0 aliphatic heterocycles. The minimum atomic E-state index is -0.122. The van der Waals surface area contributed by atoms with Crippen molar-refractivity contribution in [1.29, 1.82) is 0 Å². The molecule has 1 aliphatic carbocycles. The Morgan fingerprint density at radius 3 is 2.30 bits per heavy atom.